The Morgan fingerprint density at radius 3 is 2.11 bits per heavy atom. The normalized spacial score (nSPS) is 34.1. The van der Waals surface area contributed by atoms with E-state index in [1.54, 1.807) is 6.92 Å². The fourth-order valence-corrected chi connectivity index (χ4v) is 6.68. The Morgan fingerprint density at radius 2 is 1.57 bits per heavy atom. The van der Waals surface area contributed by atoms with E-state index in [2.05, 4.69) is 15.0 Å². The van der Waals surface area contributed by atoms with Crippen LogP contribution in [0.4, 0.5) is 0 Å². The second kappa shape index (κ2) is 6.85. The van der Waals surface area contributed by atoms with E-state index in [0.29, 0.717) is 56.6 Å². The van der Waals surface area contributed by atoms with Crippen molar-refractivity contribution in [2.75, 3.05) is 26.2 Å². The van der Waals surface area contributed by atoms with Crippen molar-refractivity contribution in [3.05, 3.63) is 11.7 Å². The summed E-state index contributed by atoms with van der Waals surface area (Å²) < 4.78 is 5.08. The molecule has 7 nitrogen and oxygen atoms in total. The zero-order valence-corrected chi connectivity index (χ0v) is 16.7. The molecule has 0 N–H and O–H groups in total. The lowest BCUT2D eigenvalue weighted by atomic mass is 9.49. The van der Waals surface area contributed by atoms with Crippen LogP contribution in [0.2, 0.25) is 0 Å². The van der Waals surface area contributed by atoms with E-state index in [9.17, 15) is 9.59 Å². The van der Waals surface area contributed by atoms with Gasteiger partial charge in [-0.15, -0.1) is 0 Å². The molecule has 1 saturated heterocycles. The lowest BCUT2D eigenvalue weighted by Crippen LogP contribution is -2.58. The number of carbonyl (C=O) groups is 2. The van der Waals surface area contributed by atoms with Gasteiger partial charge in [0.15, 0.2) is 5.82 Å². The van der Waals surface area contributed by atoms with Crippen LogP contribution in [0.15, 0.2) is 4.52 Å². The summed E-state index contributed by atoms with van der Waals surface area (Å²) in [6.45, 7) is 4.40. The molecule has 0 atom stereocenters. The molecule has 0 spiro atoms. The summed E-state index contributed by atoms with van der Waals surface area (Å²) >= 11 is 0. The van der Waals surface area contributed by atoms with Crippen molar-refractivity contribution < 1.29 is 14.1 Å². The molecule has 5 aliphatic rings. The molecule has 152 valence electrons. The van der Waals surface area contributed by atoms with Gasteiger partial charge in [0.1, 0.15) is 0 Å². The molecule has 0 aromatic carbocycles. The Bertz CT molecular complexity index is 730. The van der Waals surface area contributed by atoms with Gasteiger partial charge in [-0.25, -0.2) is 0 Å². The maximum atomic E-state index is 13.4. The number of carbonyl (C=O) groups excluding carboxylic acids is 2. The number of aryl methyl sites for hydroxylation is 2. The average molecular weight is 386 g/mol. The third kappa shape index (κ3) is 3.22. The number of nitrogens with zero attached hydrogens (tertiary/aromatic N) is 4. The molecule has 1 aromatic heterocycles. The summed E-state index contributed by atoms with van der Waals surface area (Å²) in [4.78, 5) is 34.0. The molecule has 0 unspecified atom stereocenters. The largest absolute Gasteiger partial charge is 0.339 e. The van der Waals surface area contributed by atoms with Crippen molar-refractivity contribution in [2.45, 2.75) is 58.3 Å². The standard InChI is InChI=1S/C21H30N4O3/c1-14-22-18(28-23-14)2-3-19(26)24-4-6-25(7-5-24)20(27)21-11-15-8-16(12-21)10-17(9-15)13-21/h15-17H,2-13H2,1H3. The third-order valence-corrected chi connectivity index (χ3v) is 7.53. The number of aromatic nitrogens is 2. The van der Waals surface area contributed by atoms with Gasteiger partial charge in [0.2, 0.25) is 17.7 Å². The summed E-state index contributed by atoms with van der Waals surface area (Å²) in [6.07, 6.45) is 8.26. The zero-order chi connectivity index (χ0) is 19.3. The first-order chi connectivity index (χ1) is 13.5. The monoisotopic (exact) mass is 386 g/mol. The number of hydrogen-bond donors (Lipinski definition) is 0. The Labute approximate surface area is 165 Å². The van der Waals surface area contributed by atoms with Crippen LogP contribution in [-0.2, 0) is 16.0 Å². The number of rotatable bonds is 4. The Morgan fingerprint density at radius 1 is 1.00 bits per heavy atom. The highest BCUT2D eigenvalue weighted by molar-refractivity contribution is 5.84. The van der Waals surface area contributed by atoms with E-state index in [1.165, 1.54) is 19.3 Å². The SMILES string of the molecule is Cc1noc(CCC(=O)N2CCN(C(=O)C34CC5CC(CC(C5)C3)C4)CC2)n1. The second-order valence-electron chi connectivity index (χ2n) is 9.61. The van der Waals surface area contributed by atoms with Crippen molar-refractivity contribution >= 4 is 11.8 Å². The minimum absolute atomic E-state index is 0.0727. The first-order valence-electron chi connectivity index (χ1n) is 10.9. The maximum absolute atomic E-state index is 13.4. The molecule has 0 radical (unpaired) electrons. The van der Waals surface area contributed by atoms with Crippen molar-refractivity contribution in [1.29, 1.82) is 0 Å². The van der Waals surface area contributed by atoms with E-state index < -0.39 is 0 Å². The topological polar surface area (TPSA) is 79.5 Å². The Balaban J connectivity index is 1.15. The fourth-order valence-electron chi connectivity index (χ4n) is 6.68. The van der Waals surface area contributed by atoms with Gasteiger partial charge in [-0.1, -0.05) is 5.16 Å². The molecule has 2 amide bonds. The highest BCUT2D eigenvalue weighted by Crippen LogP contribution is 2.60. The van der Waals surface area contributed by atoms with Gasteiger partial charge < -0.3 is 14.3 Å². The lowest BCUT2D eigenvalue weighted by molar-refractivity contribution is -0.160. The van der Waals surface area contributed by atoms with Crippen LogP contribution in [-0.4, -0.2) is 57.9 Å². The molecule has 4 aliphatic carbocycles. The number of hydrogen-bond acceptors (Lipinski definition) is 5. The molecule has 7 heteroatoms. The number of piperazine rings is 1. The molecule has 28 heavy (non-hydrogen) atoms. The molecule has 4 bridgehead atoms. The van der Waals surface area contributed by atoms with Crippen LogP contribution in [0.3, 0.4) is 0 Å². The molecule has 2 heterocycles. The Kier molecular flexibility index (Phi) is 4.43. The van der Waals surface area contributed by atoms with E-state index >= 15 is 0 Å². The minimum atomic E-state index is -0.0727. The second-order valence-corrected chi connectivity index (χ2v) is 9.61. The molecule has 4 saturated carbocycles. The van der Waals surface area contributed by atoms with Crippen molar-refractivity contribution in [3.8, 4) is 0 Å². The highest BCUT2D eigenvalue weighted by Gasteiger charge is 2.55. The van der Waals surface area contributed by atoms with Gasteiger partial charge in [-0.3, -0.25) is 9.59 Å². The van der Waals surface area contributed by atoms with Gasteiger partial charge in [-0.05, 0) is 63.2 Å². The van der Waals surface area contributed by atoms with Crippen molar-refractivity contribution in [2.24, 2.45) is 23.2 Å². The van der Waals surface area contributed by atoms with Gasteiger partial charge in [-0.2, -0.15) is 4.98 Å². The first-order valence-corrected chi connectivity index (χ1v) is 10.9. The summed E-state index contributed by atoms with van der Waals surface area (Å²) in [6, 6.07) is 0. The van der Waals surface area contributed by atoms with Crippen molar-refractivity contribution in [3.63, 3.8) is 0 Å². The van der Waals surface area contributed by atoms with Gasteiger partial charge >= 0.3 is 0 Å². The maximum Gasteiger partial charge on any atom is 0.228 e. The summed E-state index contributed by atoms with van der Waals surface area (Å²) in [5.41, 5.74) is -0.0727. The van der Waals surface area contributed by atoms with Crippen LogP contribution in [0, 0.1) is 30.1 Å². The van der Waals surface area contributed by atoms with Crippen LogP contribution in [0.1, 0.15) is 56.7 Å². The van der Waals surface area contributed by atoms with Crippen molar-refractivity contribution in [1.82, 2.24) is 19.9 Å². The van der Waals surface area contributed by atoms with Crippen LogP contribution < -0.4 is 0 Å². The summed E-state index contributed by atoms with van der Waals surface area (Å²) in [5.74, 6) is 3.96. The predicted molar refractivity (Wildman–Crippen MR) is 101 cm³/mol. The predicted octanol–water partition coefficient (Wildman–Crippen LogP) is 2.20. The van der Waals surface area contributed by atoms with E-state index in [-0.39, 0.29) is 11.3 Å². The zero-order valence-electron chi connectivity index (χ0n) is 16.7. The van der Waals surface area contributed by atoms with Gasteiger partial charge in [0.25, 0.3) is 0 Å². The summed E-state index contributed by atoms with van der Waals surface area (Å²) in [7, 11) is 0. The lowest BCUT2D eigenvalue weighted by Gasteiger charge is -2.57. The molecule has 1 aliphatic heterocycles. The van der Waals surface area contributed by atoms with Crippen LogP contribution in [0.25, 0.3) is 0 Å². The van der Waals surface area contributed by atoms with Crippen LogP contribution in [0.5, 0.6) is 0 Å². The Hall–Kier alpha value is -1.92. The van der Waals surface area contributed by atoms with Crippen LogP contribution >= 0.6 is 0 Å². The first kappa shape index (κ1) is 18.1. The summed E-state index contributed by atoms with van der Waals surface area (Å²) in [5, 5.41) is 3.76. The fraction of sp³-hybridized carbons (Fsp3) is 0.810. The molecular formula is C21H30N4O3. The molecular weight excluding hydrogens is 356 g/mol. The van der Waals surface area contributed by atoms with Gasteiger partial charge in [0, 0.05) is 39.0 Å². The smallest absolute Gasteiger partial charge is 0.228 e. The number of amides is 2. The molecule has 6 rings (SSSR count). The van der Waals surface area contributed by atoms with E-state index in [0.717, 1.165) is 37.0 Å². The van der Waals surface area contributed by atoms with E-state index in [1.807, 2.05) is 4.90 Å². The quantitative estimate of drug-likeness (QED) is 0.793. The highest BCUT2D eigenvalue weighted by atomic mass is 16.5. The minimum Gasteiger partial charge on any atom is -0.339 e. The molecule has 1 aromatic rings. The average Bonchev–Trinajstić information content (AvgIpc) is 3.10. The van der Waals surface area contributed by atoms with E-state index in [4.69, 9.17) is 4.52 Å². The third-order valence-electron chi connectivity index (χ3n) is 7.53. The van der Waals surface area contributed by atoms with Gasteiger partial charge in [0.05, 0.1) is 5.41 Å². The molecule has 5 fully saturated rings.